The summed E-state index contributed by atoms with van der Waals surface area (Å²) in [6.07, 6.45) is 0. The van der Waals surface area contributed by atoms with Gasteiger partial charge in [-0.25, -0.2) is 18.6 Å². The fourth-order valence-corrected chi connectivity index (χ4v) is 1.90. The number of hydrogen-bond donors (Lipinski definition) is 0. The third kappa shape index (κ3) is 3.75. The van der Waals surface area contributed by atoms with E-state index in [0.29, 0.717) is 6.07 Å². The molecule has 0 atom stereocenters. The van der Waals surface area contributed by atoms with Crippen molar-refractivity contribution in [3.63, 3.8) is 0 Å². The molecule has 0 saturated heterocycles. The minimum atomic E-state index is -0.837. The predicted octanol–water partition coefficient (Wildman–Crippen LogP) is 4.09. The van der Waals surface area contributed by atoms with E-state index in [-0.39, 0.29) is 28.4 Å². The first kappa shape index (κ1) is 15.4. The molecule has 4 nitrogen and oxygen atoms in total. The highest BCUT2D eigenvalue weighted by molar-refractivity contribution is 9.10. The summed E-state index contributed by atoms with van der Waals surface area (Å²) >= 11 is 3.12. The van der Waals surface area contributed by atoms with E-state index in [1.54, 1.807) is 6.92 Å². The summed E-state index contributed by atoms with van der Waals surface area (Å²) in [4.78, 5) is 15.5. The molecule has 0 saturated carbocycles. The average molecular weight is 358 g/mol. The van der Waals surface area contributed by atoms with Gasteiger partial charge < -0.3 is 9.47 Å². The lowest BCUT2D eigenvalue weighted by Crippen LogP contribution is -2.07. The van der Waals surface area contributed by atoms with Crippen molar-refractivity contribution in [3.8, 4) is 11.5 Å². The standard InChI is InChI=1S/C14H10BrF2NO3/c1-2-20-14(19)10-4-6-12(13(15)18-10)21-11-5-3-8(16)7-9(11)17/h3-7H,2H2,1H3. The van der Waals surface area contributed by atoms with Crippen molar-refractivity contribution in [2.45, 2.75) is 6.92 Å². The zero-order chi connectivity index (χ0) is 15.4. The second-order valence-corrected chi connectivity index (χ2v) is 4.63. The van der Waals surface area contributed by atoms with Crippen molar-refractivity contribution in [1.29, 1.82) is 0 Å². The Hall–Kier alpha value is -2.02. The summed E-state index contributed by atoms with van der Waals surface area (Å²) in [6.45, 7) is 1.92. The molecule has 2 aromatic rings. The molecule has 21 heavy (non-hydrogen) atoms. The third-order valence-corrected chi connectivity index (χ3v) is 2.98. The zero-order valence-electron chi connectivity index (χ0n) is 10.9. The van der Waals surface area contributed by atoms with Crippen molar-refractivity contribution in [1.82, 2.24) is 4.98 Å². The maximum absolute atomic E-state index is 13.5. The van der Waals surface area contributed by atoms with Crippen molar-refractivity contribution in [3.05, 3.63) is 52.3 Å². The van der Waals surface area contributed by atoms with Crippen LogP contribution < -0.4 is 4.74 Å². The van der Waals surface area contributed by atoms with Crippen LogP contribution in [0.25, 0.3) is 0 Å². The van der Waals surface area contributed by atoms with Crippen molar-refractivity contribution in [2.24, 2.45) is 0 Å². The Morgan fingerprint density at radius 2 is 1.95 bits per heavy atom. The Morgan fingerprint density at radius 1 is 1.24 bits per heavy atom. The number of carbonyl (C=O) groups excluding carboxylic acids is 1. The van der Waals surface area contributed by atoms with E-state index in [1.165, 1.54) is 12.1 Å². The molecule has 110 valence electrons. The van der Waals surface area contributed by atoms with Gasteiger partial charge in [0.05, 0.1) is 6.61 Å². The van der Waals surface area contributed by atoms with Gasteiger partial charge in [0.15, 0.2) is 17.3 Å². The molecule has 0 spiro atoms. The zero-order valence-corrected chi connectivity index (χ0v) is 12.5. The summed E-state index contributed by atoms with van der Waals surface area (Å²) in [6, 6.07) is 5.78. The molecule has 2 rings (SSSR count). The maximum Gasteiger partial charge on any atom is 0.356 e. The number of aromatic nitrogens is 1. The number of ether oxygens (including phenoxy) is 2. The molecule has 0 aliphatic carbocycles. The topological polar surface area (TPSA) is 48.4 Å². The van der Waals surface area contributed by atoms with Gasteiger partial charge in [0.25, 0.3) is 0 Å². The van der Waals surface area contributed by atoms with Crippen LogP contribution in [0, 0.1) is 11.6 Å². The molecular weight excluding hydrogens is 348 g/mol. The van der Waals surface area contributed by atoms with Gasteiger partial charge >= 0.3 is 5.97 Å². The summed E-state index contributed by atoms with van der Waals surface area (Å²) in [5.74, 6) is -2.07. The predicted molar refractivity (Wildman–Crippen MR) is 74.3 cm³/mol. The third-order valence-electron chi connectivity index (χ3n) is 2.41. The van der Waals surface area contributed by atoms with Gasteiger partial charge in [-0.3, -0.25) is 0 Å². The quantitative estimate of drug-likeness (QED) is 0.610. The second kappa shape index (κ2) is 6.62. The largest absolute Gasteiger partial charge is 0.461 e. The molecule has 0 amide bonds. The van der Waals surface area contributed by atoms with Gasteiger partial charge in [0, 0.05) is 6.07 Å². The number of carbonyl (C=O) groups is 1. The van der Waals surface area contributed by atoms with E-state index >= 15 is 0 Å². The normalized spacial score (nSPS) is 10.3. The molecule has 0 N–H and O–H groups in total. The van der Waals surface area contributed by atoms with Gasteiger partial charge in [-0.2, -0.15) is 0 Å². The summed E-state index contributed by atoms with van der Waals surface area (Å²) in [7, 11) is 0. The van der Waals surface area contributed by atoms with E-state index in [2.05, 4.69) is 20.9 Å². The number of pyridine rings is 1. The molecule has 1 heterocycles. The highest BCUT2D eigenvalue weighted by Crippen LogP contribution is 2.30. The Balaban J connectivity index is 2.23. The summed E-state index contributed by atoms with van der Waals surface area (Å²) < 4.78 is 36.6. The number of esters is 1. The van der Waals surface area contributed by atoms with Gasteiger partial charge in [-0.1, -0.05) is 0 Å². The molecule has 0 aliphatic heterocycles. The van der Waals surface area contributed by atoms with Crippen LogP contribution in [-0.2, 0) is 4.74 Å². The Bertz CT molecular complexity index is 679. The first-order valence-corrected chi connectivity index (χ1v) is 6.77. The first-order valence-electron chi connectivity index (χ1n) is 5.98. The molecule has 0 radical (unpaired) electrons. The summed E-state index contributed by atoms with van der Waals surface area (Å²) in [5, 5.41) is 0. The molecule has 0 fully saturated rings. The van der Waals surface area contributed by atoms with Gasteiger partial charge in [-0.15, -0.1) is 0 Å². The summed E-state index contributed by atoms with van der Waals surface area (Å²) in [5.41, 5.74) is 0.0932. The fourth-order valence-electron chi connectivity index (χ4n) is 1.49. The lowest BCUT2D eigenvalue weighted by molar-refractivity contribution is 0.0519. The van der Waals surface area contributed by atoms with Crippen molar-refractivity contribution >= 4 is 21.9 Å². The van der Waals surface area contributed by atoms with E-state index in [0.717, 1.165) is 12.1 Å². The number of hydrogen-bond acceptors (Lipinski definition) is 4. The number of rotatable bonds is 4. The number of benzene rings is 1. The Morgan fingerprint density at radius 3 is 2.57 bits per heavy atom. The van der Waals surface area contributed by atoms with Crippen molar-refractivity contribution in [2.75, 3.05) is 6.61 Å². The average Bonchev–Trinajstić information content (AvgIpc) is 2.44. The lowest BCUT2D eigenvalue weighted by atomic mass is 10.3. The molecule has 0 unspecified atom stereocenters. The van der Waals surface area contributed by atoms with Crippen LogP contribution in [0.4, 0.5) is 8.78 Å². The Kier molecular flexibility index (Phi) is 4.85. The van der Waals surface area contributed by atoms with E-state index in [1.807, 2.05) is 0 Å². The highest BCUT2D eigenvalue weighted by atomic mass is 79.9. The molecule has 0 aliphatic rings. The van der Waals surface area contributed by atoms with Crippen LogP contribution in [0.2, 0.25) is 0 Å². The monoisotopic (exact) mass is 357 g/mol. The first-order chi connectivity index (χ1) is 10.0. The van der Waals surface area contributed by atoms with Crippen LogP contribution in [0.3, 0.4) is 0 Å². The number of nitrogens with zero attached hydrogens (tertiary/aromatic N) is 1. The second-order valence-electron chi connectivity index (χ2n) is 3.88. The molecule has 1 aromatic carbocycles. The van der Waals surface area contributed by atoms with E-state index in [4.69, 9.17) is 9.47 Å². The van der Waals surface area contributed by atoms with Gasteiger partial charge in [-0.05, 0) is 47.1 Å². The van der Waals surface area contributed by atoms with E-state index in [9.17, 15) is 13.6 Å². The van der Waals surface area contributed by atoms with Crippen LogP contribution in [0.1, 0.15) is 17.4 Å². The van der Waals surface area contributed by atoms with Crippen LogP contribution in [0.5, 0.6) is 11.5 Å². The minimum absolute atomic E-state index is 0.0932. The fraction of sp³-hybridized carbons (Fsp3) is 0.143. The van der Waals surface area contributed by atoms with Gasteiger partial charge in [0.2, 0.25) is 0 Å². The lowest BCUT2D eigenvalue weighted by Gasteiger charge is -2.09. The SMILES string of the molecule is CCOC(=O)c1ccc(Oc2ccc(F)cc2F)c(Br)n1. The van der Waals surface area contributed by atoms with Gasteiger partial charge in [0.1, 0.15) is 16.1 Å². The van der Waals surface area contributed by atoms with Crippen LogP contribution in [0.15, 0.2) is 34.9 Å². The molecular formula is C14H10BrF2NO3. The van der Waals surface area contributed by atoms with E-state index < -0.39 is 17.6 Å². The smallest absolute Gasteiger partial charge is 0.356 e. The number of halogens is 3. The molecule has 0 bridgehead atoms. The minimum Gasteiger partial charge on any atom is -0.461 e. The molecule has 1 aromatic heterocycles. The highest BCUT2D eigenvalue weighted by Gasteiger charge is 2.14. The molecule has 7 heteroatoms. The Labute approximate surface area is 127 Å². The van der Waals surface area contributed by atoms with Crippen molar-refractivity contribution < 1.29 is 23.0 Å². The maximum atomic E-state index is 13.5. The van der Waals surface area contributed by atoms with Crippen LogP contribution in [-0.4, -0.2) is 17.6 Å². The van der Waals surface area contributed by atoms with Crippen LogP contribution >= 0.6 is 15.9 Å².